The molecule has 1 fully saturated rings. The second kappa shape index (κ2) is 5.81. The van der Waals surface area contributed by atoms with Crippen molar-refractivity contribution in [2.75, 3.05) is 0 Å². The van der Waals surface area contributed by atoms with Crippen LogP contribution in [0, 0.1) is 6.92 Å². The van der Waals surface area contributed by atoms with Crippen LogP contribution in [0.25, 0.3) is 22.0 Å². The number of pyridine rings is 1. The number of hydrogen-bond donors (Lipinski definition) is 0. The molecule has 1 aromatic heterocycles. The summed E-state index contributed by atoms with van der Waals surface area (Å²) in [5.41, 5.74) is 5.06. The second-order valence-electron chi connectivity index (χ2n) is 6.82. The molecule has 1 aliphatic rings. The van der Waals surface area contributed by atoms with E-state index in [4.69, 9.17) is 1.37 Å². The first kappa shape index (κ1) is 13.3. The Kier molecular flexibility index (Phi) is 3.36. The standard InChI is InChI=1S/C22H24N/c1-16-7-3-6-10-20(16)22-21-12-11-18(17-8-4-5-9-17)15-19(21)13-14-23(22)2/h3,6-7,10-15,17H,4-5,8-9H2,1-2H3/q+1/i14D. The minimum absolute atomic E-state index is 0.560. The van der Waals surface area contributed by atoms with Crippen molar-refractivity contribution in [1.29, 1.82) is 0 Å². The van der Waals surface area contributed by atoms with E-state index in [1.807, 2.05) is 17.7 Å². The van der Waals surface area contributed by atoms with Gasteiger partial charge in [0.25, 0.3) is 0 Å². The zero-order valence-corrected chi connectivity index (χ0v) is 14.0. The fraction of sp³-hybridized carbons (Fsp3) is 0.318. The molecule has 0 N–H and O–H groups in total. The van der Waals surface area contributed by atoms with Gasteiger partial charge in [-0.25, -0.2) is 4.57 Å². The van der Waals surface area contributed by atoms with Gasteiger partial charge < -0.3 is 0 Å². The number of hydrogen-bond acceptors (Lipinski definition) is 0. The number of benzene rings is 2. The van der Waals surface area contributed by atoms with Crippen LogP contribution in [-0.2, 0) is 7.05 Å². The van der Waals surface area contributed by atoms with Crippen LogP contribution in [0.2, 0.25) is 0 Å². The predicted molar refractivity (Wildman–Crippen MR) is 96.5 cm³/mol. The van der Waals surface area contributed by atoms with Gasteiger partial charge in [-0.05, 0) is 54.3 Å². The van der Waals surface area contributed by atoms with Crippen molar-refractivity contribution >= 4 is 10.8 Å². The minimum atomic E-state index is 0.560. The van der Waals surface area contributed by atoms with Crippen LogP contribution in [0.4, 0.5) is 0 Å². The summed E-state index contributed by atoms with van der Waals surface area (Å²) in [7, 11) is 1.99. The van der Waals surface area contributed by atoms with Crippen LogP contribution in [0.5, 0.6) is 0 Å². The van der Waals surface area contributed by atoms with Gasteiger partial charge in [-0.3, -0.25) is 0 Å². The second-order valence-corrected chi connectivity index (χ2v) is 6.82. The first-order chi connectivity index (χ1) is 11.6. The van der Waals surface area contributed by atoms with Crippen molar-refractivity contribution in [3.8, 4) is 11.3 Å². The lowest BCUT2D eigenvalue weighted by molar-refractivity contribution is -0.659. The van der Waals surface area contributed by atoms with Gasteiger partial charge in [-0.15, -0.1) is 0 Å². The Morgan fingerprint density at radius 3 is 2.61 bits per heavy atom. The molecule has 0 saturated heterocycles. The number of rotatable bonds is 2. The summed E-state index contributed by atoms with van der Waals surface area (Å²) >= 11 is 0. The zero-order valence-electron chi connectivity index (χ0n) is 15.0. The molecule has 0 radical (unpaired) electrons. The van der Waals surface area contributed by atoms with E-state index >= 15 is 0 Å². The number of aromatic nitrogens is 1. The van der Waals surface area contributed by atoms with Crippen molar-refractivity contribution in [3.63, 3.8) is 0 Å². The zero-order chi connectivity index (χ0) is 16.7. The third-order valence-electron chi connectivity index (χ3n) is 5.31. The molecule has 0 unspecified atom stereocenters. The summed E-state index contributed by atoms with van der Waals surface area (Å²) < 4.78 is 10.4. The minimum Gasteiger partial charge on any atom is -0.200 e. The normalized spacial score (nSPS) is 16.0. The molecular formula is C22H24N+. The lowest BCUT2D eigenvalue weighted by Gasteiger charge is -2.12. The summed E-state index contributed by atoms with van der Waals surface area (Å²) in [4.78, 5) is 0. The van der Waals surface area contributed by atoms with Crippen LogP contribution in [0.15, 0.2) is 54.7 Å². The molecule has 4 rings (SSSR count). The Bertz CT molecular complexity index is 907. The average Bonchev–Trinajstić information content (AvgIpc) is 3.11. The first-order valence-corrected chi connectivity index (χ1v) is 8.64. The Hall–Kier alpha value is -2.15. The average molecular weight is 303 g/mol. The Labute approximate surface area is 140 Å². The topological polar surface area (TPSA) is 3.88 Å². The summed E-state index contributed by atoms with van der Waals surface area (Å²) in [6.07, 6.45) is 5.88. The lowest BCUT2D eigenvalue weighted by Crippen LogP contribution is -2.30. The summed E-state index contributed by atoms with van der Waals surface area (Å²) in [6, 6.07) is 17.4. The molecule has 1 saturated carbocycles. The number of nitrogens with zero attached hydrogens (tertiary/aromatic N) is 1. The van der Waals surface area contributed by atoms with E-state index in [-0.39, 0.29) is 0 Å². The third-order valence-corrected chi connectivity index (χ3v) is 5.31. The van der Waals surface area contributed by atoms with E-state index < -0.39 is 0 Å². The molecule has 116 valence electrons. The Morgan fingerprint density at radius 1 is 1.04 bits per heavy atom. The van der Waals surface area contributed by atoms with Crippen LogP contribution in [-0.4, -0.2) is 0 Å². The lowest BCUT2D eigenvalue weighted by atomic mass is 9.93. The third kappa shape index (κ3) is 2.55. The van der Waals surface area contributed by atoms with Crippen LogP contribution < -0.4 is 4.57 Å². The highest BCUT2D eigenvalue weighted by molar-refractivity contribution is 5.94. The molecule has 3 aromatic rings. The molecule has 2 aromatic carbocycles. The van der Waals surface area contributed by atoms with Crippen molar-refractivity contribution in [1.82, 2.24) is 0 Å². The number of fused-ring (bicyclic) bond motifs is 1. The van der Waals surface area contributed by atoms with E-state index in [2.05, 4.69) is 49.4 Å². The Balaban J connectivity index is 1.95. The van der Waals surface area contributed by atoms with Crippen molar-refractivity contribution in [2.45, 2.75) is 38.5 Å². The van der Waals surface area contributed by atoms with E-state index in [0.717, 1.165) is 5.69 Å². The van der Waals surface area contributed by atoms with Gasteiger partial charge in [0, 0.05) is 11.6 Å². The number of aryl methyl sites for hydroxylation is 1. The summed E-state index contributed by atoms with van der Waals surface area (Å²) in [5, 5.41) is 2.44. The molecule has 0 spiro atoms. The molecule has 1 nitrogen and oxygen atoms in total. The first-order valence-electron chi connectivity index (χ1n) is 9.14. The van der Waals surface area contributed by atoms with Gasteiger partial charge in [-0.1, -0.05) is 43.2 Å². The van der Waals surface area contributed by atoms with E-state index in [0.29, 0.717) is 12.1 Å². The fourth-order valence-electron chi connectivity index (χ4n) is 4.01. The summed E-state index contributed by atoms with van der Waals surface area (Å²) in [5.74, 6) is 0.708. The quantitative estimate of drug-likeness (QED) is 0.566. The van der Waals surface area contributed by atoms with Gasteiger partial charge >= 0.3 is 0 Å². The molecule has 0 bridgehead atoms. The molecule has 1 heterocycles. The molecule has 0 aliphatic heterocycles. The van der Waals surface area contributed by atoms with Gasteiger partial charge in [-0.2, -0.15) is 0 Å². The monoisotopic (exact) mass is 303 g/mol. The van der Waals surface area contributed by atoms with Gasteiger partial charge in [0.1, 0.15) is 8.42 Å². The van der Waals surface area contributed by atoms with E-state index in [1.165, 1.54) is 53.1 Å². The van der Waals surface area contributed by atoms with Crippen molar-refractivity contribution < 1.29 is 5.94 Å². The van der Waals surface area contributed by atoms with Crippen LogP contribution in [0.1, 0.15) is 44.1 Å². The smallest absolute Gasteiger partial charge is 0.200 e. The summed E-state index contributed by atoms with van der Waals surface area (Å²) in [6.45, 7) is 2.14. The largest absolute Gasteiger partial charge is 0.220 e. The molecule has 1 aliphatic carbocycles. The maximum absolute atomic E-state index is 8.41. The molecule has 0 atom stereocenters. The predicted octanol–water partition coefficient (Wildman–Crippen LogP) is 5.30. The van der Waals surface area contributed by atoms with Gasteiger partial charge in [0.15, 0.2) is 6.17 Å². The molecule has 0 amide bonds. The van der Waals surface area contributed by atoms with Crippen LogP contribution in [0.3, 0.4) is 0 Å². The molecule has 23 heavy (non-hydrogen) atoms. The highest BCUT2D eigenvalue weighted by atomic mass is 14.9. The van der Waals surface area contributed by atoms with E-state index in [1.54, 1.807) is 0 Å². The van der Waals surface area contributed by atoms with Crippen molar-refractivity contribution in [3.05, 3.63) is 65.8 Å². The molecular weight excluding hydrogens is 278 g/mol. The van der Waals surface area contributed by atoms with Crippen LogP contribution >= 0.6 is 0 Å². The Morgan fingerprint density at radius 2 is 1.83 bits per heavy atom. The highest BCUT2D eigenvalue weighted by Gasteiger charge is 2.20. The SMILES string of the molecule is [2H]c1cc2cc(C3CCCC3)ccc2c(-c2ccccc2C)[n+]1C. The van der Waals surface area contributed by atoms with E-state index in [9.17, 15) is 0 Å². The highest BCUT2D eigenvalue weighted by Crippen LogP contribution is 2.36. The van der Waals surface area contributed by atoms with Gasteiger partial charge in [0.2, 0.25) is 5.69 Å². The maximum atomic E-state index is 8.41. The van der Waals surface area contributed by atoms with Gasteiger partial charge in [0.05, 0.1) is 5.39 Å². The van der Waals surface area contributed by atoms with Crippen molar-refractivity contribution in [2.24, 2.45) is 7.05 Å². The molecule has 1 heteroatoms. The maximum Gasteiger partial charge on any atom is 0.220 e. The fourth-order valence-corrected chi connectivity index (χ4v) is 4.01.